The molecule has 0 fully saturated rings. The van der Waals surface area contributed by atoms with E-state index in [1.165, 1.54) is 24.3 Å². The molecule has 2 aliphatic rings. The molecular formula is C56H62O8Si2. The second kappa shape index (κ2) is 17.1. The molecule has 8 nitrogen and oxygen atoms in total. The summed E-state index contributed by atoms with van der Waals surface area (Å²) in [6, 6.07) is 19.4. The molecule has 6 aromatic rings. The number of allylic oxidation sites excluding steroid dienone is 4. The first-order valence-corrected chi connectivity index (χ1v) is 27.7. The summed E-state index contributed by atoms with van der Waals surface area (Å²) in [6.07, 6.45) is 5.42. The van der Waals surface area contributed by atoms with Crippen molar-refractivity contribution in [2.24, 2.45) is 0 Å². The Morgan fingerprint density at radius 3 is 0.939 bits per heavy atom. The van der Waals surface area contributed by atoms with E-state index in [0.29, 0.717) is 67.2 Å². The van der Waals surface area contributed by atoms with Gasteiger partial charge in [0, 0.05) is 54.9 Å². The van der Waals surface area contributed by atoms with Crippen LogP contribution in [0.15, 0.2) is 85.0 Å². The number of methoxy groups -OCH3 is 2. The SMILES string of the molecule is COc1ccc2c(ccc3c(O[Si](C(C)C)(C(C)C)C(C)C)cc4c(c32)C(=O)C=CC4=O)c1-c1c(OC)ccc2c1ccc1c(O[Si](C(C)C)(C(C)C)C(C)C)cc3c(c12)C(=O)C=CC3=O. The largest absolute Gasteiger partial charge is 0.542 e. The van der Waals surface area contributed by atoms with Crippen molar-refractivity contribution in [3.05, 3.63) is 107 Å². The standard InChI is InChI=1S/C56H62O8Si2/c1-29(2)65(30(3)4,31(5)6)63-49-27-41-43(57)21-23-45(59)53(41)51-35-19-25-47(61-13)55(37(35)15-17-39(49)51)56-38-16-18-40-50(64-66(32(7)8,33(9)10)34(11)12)28-42-44(58)22-24-46(60)54(42)52(40)36(38)20-26-48(56)62-14/h15-34H,1-14H3. The first-order chi connectivity index (χ1) is 31.3. The number of carbonyl (C=O) groups excluding carboxylic acids is 4. The molecule has 66 heavy (non-hydrogen) atoms. The second-order valence-corrected chi connectivity index (χ2v) is 30.8. The summed E-state index contributed by atoms with van der Waals surface area (Å²) in [5.74, 6) is 1.31. The highest BCUT2D eigenvalue weighted by Crippen LogP contribution is 2.53. The molecule has 0 aromatic heterocycles. The van der Waals surface area contributed by atoms with Crippen LogP contribution >= 0.6 is 0 Å². The highest BCUT2D eigenvalue weighted by atomic mass is 28.4. The Kier molecular flexibility index (Phi) is 12.1. The molecule has 0 unspecified atom stereocenters. The minimum absolute atomic E-state index is 0.250. The van der Waals surface area contributed by atoms with Gasteiger partial charge < -0.3 is 18.3 Å². The van der Waals surface area contributed by atoms with Gasteiger partial charge in [0.15, 0.2) is 23.1 Å². The van der Waals surface area contributed by atoms with Crippen LogP contribution in [0.4, 0.5) is 0 Å². The lowest BCUT2D eigenvalue weighted by atomic mass is 9.83. The normalized spacial score (nSPS) is 14.4. The molecule has 0 aliphatic heterocycles. The summed E-state index contributed by atoms with van der Waals surface area (Å²) in [5, 5.41) is 5.77. The van der Waals surface area contributed by atoms with Gasteiger partial charge in [-0.25, -0.2) is 0 Å². The molecule has 0 saturated carbocycles. The van der Waals surface area contributed by atoms with Crippen molar-refractivity contribution in [3.63, 3.8) is 0 Å². The van der Waals surface area contributed by atoms with E-state index >= 15 is 0 Å². The van der Waals surface area contributed by atoms with Gasteiger partial charge in [0.25, 0.3) is 16.6 Å². The Morgan fingerprint density at radius 2 is 0.636 bits per heavy atom. The van der Waals surface area contributed by atoms with Gasteiger partial charge in [-0.2, -0.15) is 0 Å². The van der Waals surface area contributed by atoms with E-state index in [1.54, 1.807) is 26.4 Å². The Bertz CT molecular complexity index is 2860. The molecule has 10 heteroatoms. The predicted molar refractivity (Wildman–Crippen MR) is 274 cm³/mol. The molecule has 0 spiro atoms. The molecule has 8 rings (SSSR count). The monoisotopic (exact) mass is 918 g/mol. The van der Waals surface area contributed by atoms with Gasteiger partial charge in [-0.15, -0.1) is 0 Å². The molecule has 0 radical (unpaired) electrons. The van der Waals surface area contributed by atoms with Gasteiger partial charge in [0.2, 0.25) is 0 Å². The highest BCUT2D eigenvalue weighted by Gasteiger charge is 2.49. The maximum Gasteiger partial charge on any atom is 0.258 e. The smallest absolute Gasteiger partial charge is 0.258 e. The maximum atomic E-state index is 14.1. The Balaban J connectivity index is 1.50. The van der Waals surface area contributed by atoms with Crippen LogP contribution in [0.5, 0.6) is 23.0 Å². The highest BCUT2D eigenvalue weighted by molar-refractivity contribution is 6.79. The average Bonchev–Trinajstić information content (AvgIpc) is 3.27. The van der Waals surface area contributed by atoms with Crippen LogP contribution in [0.3, 0.4) is 0 Å². The molecular weight excluding hydrogens is 857 g/mol. The zero-order valence-corrected chi connectivity index (χ0v) is 42.8. The van der Waals surface area contributed by atoms with Gasteiger partial charge in [-0.1, -0.05) is 119 Å². The van der Waals surface area contributed by atoms with Gasteiger partial charge in [0.1, 0.15) is 23.0 Å². The van der Waals surface area contributed by atoms with E-state index in [0.717, 1.165) is 32.3 Å². The van der Waals surface area contributed by atoms with Crippen LogP contribution in [-0.4, -0.2) is 54.0 Å². The molecule has 0 atom stereocenters. The van der Waals surface area contributed by atoms with Crippen LogP contribution in [0.1, 0.15) is 125 Å². The molecule has 0 N–H and O–H groups in total. The zero-order valence-electron chi connectivity index (χ0n) is 40.8. The Morgan fingerprint density at radius 1 is 0.348 bits per heavy atom. The first-order valence-electron chi connectivity index (χ1n) is 23.4. The van der Waals surface area contributed by atoms with E-state index in [4.69, 9.17) is 18.3 Å². The minimum atomic E-state index is -2.54. The van der Waals surface area contributed by atoms with Gasteiger partial charge in [0.05, 0.1) is 14.2 Å². The number of hydrogen-bond donors (Lipinski definition) is 0. The van der Waals surface area contributed by atoms with Crippen LogP contribution in [0.25, 0.3) is 54.2 Å². The number of hydrogen-bond acceptors (Lipinski definition) is 8. The fraction of sp³-hybridized carbons (Fsp3) is 0.357. The van der Waals surface area contributed by atoms with E-state index in [1.807, 2.05) is 48.5 Å². The lowest BCUT2D eigenvalue weighted by Gasteiger charge is -2.42. The number of ketones is 4. The number of benzene rings is 6. The van der Waals surface area contributed by atoms with Crippen molar-refractivity contribution < 1.29 is 37.5 Å². The summed E-state index contributed by atoms with van der Waals surface area (Å²) in [7, 11) is -1.84. The third kappa shape index (κ3) is 6.88. The molecule has 0 amide bonds. The van der Waals surface area contributed by atoms with E-state index in [9.17, 15) is 19.2 Å². The number of carbonyl (C=O) groups is 4. The second-order valence-electron chi connectivity index (χ2n) is 20.0. The fourth-order valence-corrected chi connectivity index (χ4v) is 22.7. The van der Waals surface area contributed by atoms with E-state index in [-0.39, 0.29) is 56.4 Å². The van der Waals surface area contributed by atoms with Crippen molar-refractivity contribution in [1.82, 2.24) is 0 Å². The van der Waals surface area contributed by atoms with Crippen LogP contribution in [-0.2, 0) is 0 Å². The van der Waals surface area contributed by atoms with Crippen molar-refractivity contribution in [3.8, 4) is 34.1 Å². The average molecular weight is 919 g/mol. The molecule has 6 aromatic carbocycles. The lowest BCUT2D eigenvalue weighted by molar-refractivity contribution is 0.0995. The number of fused-ring (bicyclic) bond motifs is 10. The quantitative estimate of drug-likeness (QED) is 0.0833. The molecule has 0 saturated heterocycles. The van der Waals surface area contributed by atoms with Gasteiger partial charge in [-0.05, 0) is 103 Å². The molecule has 342 valence electrons. The van der Waals surface area contributed by atoms with E-state index < -0.39 is 16.6 Å². The molecule has 0 bridgehead atoms. The summed E-state index contributed by atoms with van der Waals surface area (Å²) in [5.41, 5.74) is 4.28. The summed E-state index contributed by atoms with van der Waals surface area (Å²) in [6.45, 7) is 26.7. The van der Waals surface area contributed by atoms with Crippen molar-refractivity contribution >= 4 is 82.9 Å². The van der Waals surface area contributed by atoms with Gasteiger partial charge >= 0.3 is 0 Å². The Hall–Kier alpha value is -5.85. The fourth-order valence-electron chi connectivity index (χ4n) is 12.2. The van der Waals surface area contributed by atoms with Crippen molar-refractivity contribution in [2.45, 2.75) is 116 Å². The van der Waals surface area contributed by atoms with Crippen LogP contribution in [0, 0.1) is 0 Å². The molecule has 0 heterocycles. The predicted octanol–water partition coefficient (Wildman–Crippen LogP) is 15.0. The first kappa shape index (κ1) is 46.7. The third-order valence-corrected chi connectivity index (χ3v) is 26.9. The van der Waals surface area contributed by atoms with E-state index in [2.05, 4.69) is 83.1 Å². The summed E-state index contributed by atoms with van der Waals surface area (Å²) < 4.78 is 27.2. The van der Waals surface area contributed by atoms with Gasteiger partial charge in [-0.3, -0.25) is 19.2 Å². The topological polar surface area (TPSA) is 105 Å². The zero-order chi connectivity index (χ0) is 47.9. The lowest BCUT2D eigenvalue weighted by Crippen LogP contribution is -2.50. The van der Waals surface area contributed by atoms with Crippen LogP contribution in [0.2, 0.25) is 33.2 Å². The van der Waals surface area contributed by atoms with Crippen molar-refractivity contribution in [2.75, 3.05) is 14.2 Å². The Labute approximate surface area is 390 Å². The van der Waals surface area contributed by atoms with Crippen molar-refractivity contribution in [1.29, 1.82) is 0 Å². The van der Waals surface area contributed by atoms with Crippen LogP contribution < -0.4 is 18.3 Å². The number of ether oxygens (including phenoxy) is 2. The molecule has 2 aliphatic carbocycles. The minimum Gasteiger partial charge on any atom is -0.542 e. The number of rotatable bonds is 13. The summed E-state index contributed by atoms with van der Waals surface area (Å²) >= 11 is 0. The third-order valence-electron chi connectivity index (χ3n) is 14.9. The summed E-state index contributed by atoms with van der Waals surface area (Å²) in [4.78, 5) is 55.9. The maximum absolute atomic E-state index is 14.1.